The molecule has 2 N–H and O–H groups in total. The number of carboxylic acid groups (broad SMARTS) is 1. The van der Waals surface area contributed by atoms with E-state index in [-0.39, 0.29) is 29.9 Å². The van der Waals surface area contributed by atoms with Crippen LogP contribution in [0.15, 0.2) is 54.6 Å². The molecule has 6 nitrogen and oxygen atoms in total. The van der Waals surface area contributed by atoms with Crippen LogP contribution >= 0.6 is 0 Å². The second kappa shape index (κ2) is 10.5. The summed E-state index contributed by atoms with van der Waals surface area (Å²) in [4.78, 5) is 23.4. The van der Waals surface area contributed by atoms with Gasteiger partial charge in [0.15, 0.2) is 0 Å². The molecular formula is C27H24F4O6. The van der Waals surface area contributed by atoms with Gasteiger partial charge >= 0.3 is 18.1 Å². The number of carbonyl (C=O) groups excluding carboxylic acids is 1. The Hall–Kier alpha value is -4.08. The molecule has 0 aliphatic heterocycles. The fourth-order valence-electron chi connectivity index (χ4n) is 3.51. The van der Waals surface area contributed by atoms with Gasteiger partial charge in [-0.15, -0.1) is 0 Å². The van der Waals surface area contributed by atoms with Crippen LogP contribution in [-0.2, 0) is 28.7 Å². The van der Waals surface area contributed by atoms with E-state index in [1.807, 2.05) is 0 Å². The summed E-state index contributed by atoms with van der Waals surface area (Å²) in [6.07, 6.45) is -5.20. The van der Waals surface area contributed by atoms with Crippen molar-refractivity contribution in [2.24, 2.45) is 0 Å². The maximum absolute atomic E-state index is 14.5. The van der Waals surface area contributed by atoms with Gasteiger partial charge in [-0.05, 0) is 56.2 Å². The Morgan fingerprint density at radius 2 is 1.59 bits per heavy atom. The monoisotopic (exact) mass is 520 g/mol. The van der Waals surface area contributed by atoms with E-state index >= 15 is 0 Å². The second-order valence-corrected chi connectivity index (χ2v) is 9.19. The topological polar surface area (TPSA) is 93.1 Å². The highest BCUT2D eigenvalue weighted by atomic mass is 19.4. The lowest BCUT2D eigenvalue weighted by atomic mass is 10.0. The summed E-state index contributed by atoms with van der Waals surface area (Å²) in [5, 5.41) is 19.1. The number of rotatable bonds is 7. The number of esters is 1. The van der Waals surface area contributed by atoms with Crippen LogP contribution < -0.4 is 4.74 Å². The van der Waals surface area contributed by atoms with Crippen molar-refractivity contribution < 1.29 is 46.8 Å². The van der Waals surface area contributed by atoms with Crippen molar-refractivity contribution in [3.05, 3.63) is 82.7 Å². The molecule has 0 fully saturated rings. The number of alkyl halides is 3. The van der Waals surface area contributed by atoms with Gasteiger partial charge in [0.2, 0.25) is 0 Å². The van der Waals surface area contributed by atoms with E-state index in [9.17, 15) is 32.3 Å². The first-order valence-electron chi connectivity index (χ1n) is 11.0. The molecule has 0 radical (unpaired) electrons. The predicted molar refractivity (Wildman–Crippen MR) is 126 cm³/mol. The van der Waals surface area contributed by atoms with Gasteiger partial charge in [0, 0.05) is 11.1 Å². The Bertz CT molecular complexity index is 1310. The zero-order valence-electron chi connectivity index (χ0n) is 20.1. The summed E-state index contributed by atoms with van der Waals surface area (Å²) in [7, 11) is 0. The van der Waals surface area contributed by atoms with E-state index in [0.29, 0.717) is 17.2 Å². The van der Waals surface area contributed by atoms with Crippen LogP contribution in [0.4, 0.5) is 17.6 Å². The van der Waals surface area contributed by atoms with Crippen LogP contribution in [0.25, 0.3) is 11.1 Å². The van der Waals surface area contributed by atoms with Crippen molar-refractivity contribution in [2.45, 2.75) is 45.6 Å². The van der Waals surface area contributed by atoms with Crippen LogP contribution in [0.2, 0.25) is 0 Å². The number of benzene rings is 3. The average molecular weight is 520 g/mol. The molecule has 0 bridgehead atoms. The molecule has 196 valence electrons. The Labute approximate surface area is 210 Å². The van der Waals surface area contributed by atoms with E-state index in [4.69, 9.17) is 14.6 Å². The maximum atomic E-state index is 14.5. The lowest BCUT2D eigenvalue weighted by Gasteiger charge is -2.22. The third-order valence-corrected chi connectivity index (χ3v) is 5.12. The summed E-state index contributed by atoms with van der Waals surface area (Å²) in [5.41, 5.74) is -2.04. The van der Waals surface area contributed by atoms with Crippen LogP contribution in [0.1, 0.15) is 47.8 Å². The number of aromatic hydroxyl groups is 1. The number of halogens is 4. The highest BCUT2D eigenvalue weighted by Gasteiger charge is 2.37. The number of hydrogen-bond acceptors (Lipinski definition) is 5. The summed E-state index contributed by atoms with van der Waals surface area (Å²) in [6, 6.07) is 11.9. The molecule has 0 amide bonds. The van der Waals surface area contributed by atoms with Gasteiger partial charge < -0.3 is 19.7 Å². The summed E-state index contributed by atoms with van der Waals surface area (Å²) < 4.78 is 65.2. The van der Waals surface area contributed by atoms with Crippen LogP contribution in [-0.4, -0.2) is 27.8 Å². The normalized spacial score (nSPS) is 11.8. The smallest absolute Gasteiger partial charge is 0.419 e. The van der Waals surface area contributed by atoms with Crippen molar-refractivity contribution >= 4 is 11.9 Å². The number of hydrogen-bond donors (Lipinski definition) is 2. The van der Waals surface area contributed by atoms with Crippen molar-refractivity contribution in [3.63, 3.8) is 0 Å². The fourth-order valence-corrected chi connectivity index (χ4v) is 3.51. The molecule has 0 aliphatic rings. The molecule has 0 heterocycles. The molecule has 37 heavy (non-hydrogen) atoms. The third kappa shape index (κ3) is 6.99. The van der Waals surface area contributed by atoms with E-state index in [2.05, 4.69) is 0 Å². The van der Waals surface area contributed by atoms with Crippen LogP contribution in [0.5, 0.6) is 11.5 Å². The zero-order valence-corrected chi connectivity index (χ0v) is 20.1. The molecular weight excluding hydrogens is 496 g/mol. The zero-order chi connectivity index (χ0) is 27.5. The molecule has 3 aromatic carbocycles. The first-order chi connectivity index (χ1) is 17.2. The third-order valence-electron chi connectivity index (χ3n) is 5.12. The van der Waals surface area contributed by atoms with Gasteiger partial charge in [0.05, 0.1) is 12.0 Å². The highest BCUT2D eigenvalue weighted by Crippen LogP contribution is 2.39. The van der Waals surface area contributed by atoms with Crippen molar-refractivity contribution in [2.75, 3.05) is 0 Å². The standard InChI is InChI=1S/C27H24F4O6/c1-26(2,3)37-25(35)23-17(7-11-20(24(23)34)27(29,30)31)14-36-18-8-5-16(6-9-18)19-10-4-15(12-21(19)28)13-22(32)33/h4-12,34H,13-14H2,1-3H3,(H,32,33). The quantitative estimate of drug-likeness (QED) is 0.278. The first kappa shape index (κ1) is 27.5. The van der Waals surface area contributed by atoms with Crippen LogP contribution in [0, 0.1) is 5.82 Å². The van der Waals surface area contributed by atoms with Gasteiger partial charge in [0.1, 0.15) is 35.1 Å². The SMILES string of the molecule is CC(C)(C)OC(=O)c1c(COc2ccc(-c3ccc(CC(=O)O)cc3F)cc2)ccc(C(F)(F)F)c1O. The lowest BCUT2D eigenvalue weighted by molar-refractivity contribution is -0.139. The van der Waals surface area contributed by atoms with E-state index in [0.717, 1.165) is 12.1 Å². The Kier molecular flexibility index (Phi) is 7.80. The lowest BCUT2D eigenvalue weighted by Crippen LogP contribution is -2.25. The molecule has 0 saturated heterocycles. The van der Waals surface area contributed by atoms with Crippen molar-refractivity contribution in [3.8, 4) is 22.6 Å². The summed E-state index contributed by atoms with van der Waals surface area (Å²) in [5.74, 6) is -3.80. The van der Waals surface area contributed by atoms with Gasteiger partial charge in [-0.1, -0.05) is 30.3 Å². The molecule has 3 rings (SSSR count). The Morgan fingerprint density at radius 3 is 2.14 bits per heavy atom. The van der Waals surface area contributed by atoms with Gasteiger partial charge in [0.25, 0.3) is 0 Å². The van der Waals surface area contributed by atoms with E-state index in [1.165, 1.54) is 45.0 Å². The first-order valence-corrected chi connectivity index (χ1v) is 11.0. The van der Waals surface area contributed by atoms with Crippen molar-refractivity contribution in [1.29, 1.82) is 0 Å². The molecule has 0 aliphatic carbocycles. The maximum Gasteiger partial charge on any atom is 0.419 e. The molecule has 0 spiro atoms. The highest BCUT2D eigenvalue weighted by molar-refractivity contribution is 5.95. The number of phenolic OH excluding ortho intramolecular Hbond substituents is 1. The van der Waals surface area contributed by atoms with E-state index in [1.54, 1.807) is 12.1 Å². The van der Waals surface area contributed by atoms with Gasteiger partial charge in [-0.2, -0.15) is 13.2 Å². The average Bonchev–Trinajstić information content (AvgIpc) is 2.75. The minimum absolute atomic E-state index is 0.0242. The summed E-state index contributed by atoms with van der Waals surface area (Å²) >= 11 is 0. The Morgan fingerprint density at radius 1 is 0.946 bits per heavy atom. The molecule has 0 atom stereocenters. The molecule has 0 saturated carbocycles. The second-order valence-electron chi connectivity index (χ2n) is 9.19. The largest absolute Gasteiger partial charge is 0.506 e. The Balaban J connectivity index is 1.84. The molecule has 10 heteroatoms. The number of carbonyl (C=O) groups is 2. The molecule has 0 aromatic heterocycles. The van der Waals surface area contributed by atoms with Gasteiger partial charge in [-0.25, -0.2) is 9.18 Å². The molecule has 0 unspecified atom stereocenters. The van der Waals surface area contributed by atoms with Gasteiger partial charge in [-0.3, -0.25) is 4.79 Å². The number of carboxylic acids is 1. The minimum Gasteiger partial charge on any atom is -0.506 e. The molecule has 3 aromatic rings. The van der Waals surface area contributed by atoms with Crippen molar-refractivity contribution in [1.82, 2.24) is 0 Å². The number of phenols is 1. The number of aliphatic carboxylic acids is 1. The fraction of sp³-hybridized carbons (Fsp3) is 0.259. The number of ether oxygens (including phenoxy) is 2. The van der Waals surface area contributed by atoms with Crippen LogP contribution in [0.3, 0.4) is 0 Å². The van der Waals surface area contributed by atoms with E-state index < -0.39 is 46.4 Å². The summed E-state index contributed by atoms with van der Waals surface area (Å²) in [6.45, 7) is 4.25. The predicted octanol–water partition coefficient (Wildman–Crippen LogP) is 6.38. The minimum atomic E-state index is -4.89.